The van der Waals surface area contributed by atoms with E-state index in [2.05, 4.69) is 61.6 Å². The number of nitrogen functional groups attached to an aromatic ring is 1. The predicted octanol–water partition coefficient (Wildman–Crippen LogP) is 5.24. The summed E-state index contributed by atoms with van der Waals surface area (Å²) in [4.78, 5) is 20.9. The summed E-state index contributed by atoms with van der Waals surface area (Å²) < 4.78 is 3.25. The Bertz CT molecular complexity index is 1350. The second-order valence-electron chi connectivity index (χ2n) is 9.68. The lowest BCUT2D eigenvalue weighted by atomic mass is 10.1. The fourth-order valence-corrected chi connectivity index (χ4v) is 4.61. The molecule has 4 aromatic rings. The topological polar surface area (TPSA) is 94.0 Å². The van der Waals surface area contributed by atoms with Crippen LogP contribution in [0.25, 0.3) is 21.9 Å². The van der Waals surface area contributed by atoms with Crippen LogP contribution in [0.1, 0.15) is 60.9 Å². The monoisotopic (exact) mass is 474 g/mol. The van der Waals surface area contributed by atoms with Crippen LogP contribution < -0.4 is 5.73 Å². The number of quaternary nitrogens is 1. The highest BCUT2D eigenvalue weighted by atomic mass is 16.4. The number of carboxylic acid groups (broad SMARTS) is 1. The molecule has 0 amide bonds. The number of benzene rings is 2. The molecular weight excluding hydrogens is 438 g/mol. The van der Waals surface area contributed by atoms with Crippen molar-refractivity contribution < 1.29 is 14.4 Å². The van der Waals surface area contributed by atoms with E-state index in [0.29, 0.717) is 23.4 Å². The van der Waals surface area contributed by atoms with Crippen molar-refractivity contribution in [1.82, 2.24) is 14.5 Å². The third-order valence-corrected chi connectivity index (χ3v) is 7.24. The van der Waals surface area contributed by atoms with E-state index < -0.39 is 5.97 Å². The van der Waals surface area contributed by atoms with Gasteiger partial charge >= 0.3 is 5.97 Å². The number of unbranched alkanes of at least 4 members (excludes halogenated alkanes) is 1. The van der Waals surface area contributed by atoms with E-state index in [1.54, 1.807) is 12.1 Å². The second kappa shape index (κ2) is 10.0. The van der Waals surface area contributed by atoms with E-state index in [-0.39, 0.29) is 5.56 Å². The van der Waals surface area contributed by atoms with Crippen LogP contribution in [0.5, 0.6) is 0 Å². The molecule has 35 heavy (non-hydrogen) atoms. The van der Waals surface area contributed by atoms with Crippen LogP contribution in [0.2, 0.25) is 0 Å². The number of fused-ring (bicyclic) bond motifs is 3. The van der Waals surface area contributed by atoms with Gasteiger partial charge in [-0.25, -0.2) is 14.8 Å². The summed E-state index contributed by atoms with van der Waals surface area (Å²) in [6.45, 7) is 10.5. The summed E-state index contributed by atoms with van der Waals surface area (Å²) in [6, 6.07) is 13.9. The van der Waals surface area contributed by atoms with Gasteiger partial charge in [-0.05, 0) is 44.0 Å². The van der Waals surface area contributed by atoms with Crippen LogP contribution >= 0.6 is 0 Å². The Kier molecular flexibility index (Phi) is 7.08. The van der Waals surface area contributed by atoms with Crippen molar-refractivity contribution in [2.75, 3.05) is 25.9 Å². The molecule has 0 unspecified atom stereocenters. The molecule has 0 fully saturated rings. The average molecular weight is 475 g/mol. The van der Waals surface area contributed by atoms with Crippen LogP contribution in [0.3, 0.4) is 0 Å². The molecule has 0 spiro atoms. The Morgan fingerprint density at radius 1 is 1.03 bits per heavy atom. The van der Waals surface area contributed by atoms with Gasteiger partial charge in [-0.15, -0.1) is 0 Å². The number of carbonyl (C=O) groups is 1. The van der Waals surface area contributed by atoms with Crippen molar-refractivity contribution in [3.8, 4) is 0 Å². The van der Waals surface area contributed by atoms with Gasteiger partial charge in [-0.2, -0.15) is 0 Å². The first-order valence-electron chi connectivity index (χ1n) is 12.5. The zero-order chi connectivity index (χ0) is 25.2. The number of rotatable bonds is 10. The zero-order valence-corrected chi connectivity index (χ0v) is 21.2. The van der Waals surface area contributed by atoms with Gasteiger partial charge < -0.3 is 19.9 Å². The molecule has 0 aliphatic rings. The Hall–Kier alpha value is -3.45. The quantitative estimate of drug-likeness (QED) is 0.307. The highest BCUT2D eigenvalue weighted by molar-refractivity contribution is 6.08. The lowest BCUT2D eigenvalue weighted by molar-refractivity contribution is -0.919. The number of pyridine rings is 1. The maximum Gasteiger partial charge on any atom is 0.335 e. The Balaban J connectivity index is 1.79. The standard InChI is InChI=1S/C28H35N5O2/c1-5-8-9-24-31-25-26(22-15-14-21(28(34)35)16-23(22)30-27(25)29)32(24)17-19-10-12-20(13-11-19)18-33(4,6-2)7-3/h10-16H,5-9,17-18H2,1-4H3,(H2-,29,30,34,35)/p+1. The first-order valence-corrected chi connectivity index (χ1v) is 12.5. The summed E-state index contributed by atoms with van der Waals surface area (Å²) in [5.74, 6) is 0.332. The smallest absolute Gasteiger partial charge is 0.335 e. The van der Waals surface area contributed by atoms with Gasteiger partial charge in [0.25, 0.3) is 0 Å². The van der Waals surface area contributed by atoms with Crippen molar-refractivity contribution in [1.29, 1.82) is 0 Å². The zero-order valence-electron chi connectivity index (χ0n) is 21.2. The number of hydrogen-bond acceptors (Lipinski definition) is 4. The molecule has 0 saturated heterocycles. The molecule has 2 heterocycles. The number of aromatic nitrogens is 3. The molecule has 3 N–H and O–H groups in total. The minimum atomic E-state index is -0.981. The molecular formula is C28H36N5O2+. The maximum atomic E-state index is 11.5. The van der Waals surface area contributed by atoms with E-state index in [4.69, 9.17) is 10.7 Å². The maximum absolute atomic E-state index is 11.5. The highest BCUT2D eigenvalue weighted by Crippen LogP contribution is 2.31. The molecule has 4 rings (SSSR count). The van der Waals surface area contributed by atoms with Crippen LogP contribution in [0.15, 0.2) is 42.5 Å². The van der Waals surface area contributed by atoms with Crippen molar-refractivity contribution >= 4 is 33.7 Å². The molecule has 0 atom stereocenters. The largest absolute Gasteiger partial charge is 0.478 e. The minimum Gasteiger partial charge on any atom is -0.478 e. The molecule has 0 saturated carbocycles. The Morgan fingerprint density at radius 3 is 2.34 bits per heavy atom. The van der Waals surface area contributed by atoms with Crippen molar-refractivity contribution in [3.05, 3.63) is 65.0 Å². The third-order valence-electron chi connectivity index (χ3n) is 7.24. The summed E-state index contributed by atoms with van der Waals surface area (Å²) >= 11 is 0. The third kappa shape index (κ3) is 5.00. The van der Waals surface area contributed by atoms with Gasteiger partial charge in [0.05, 0.1) is 36.7 Å². The number of aromatic carboxylic acids is 1. The predicted molar refractivity (Wildman–Crippen MR) is 142 cm³/mol. The SMILES string of the molecule is CCCCc1nc2c(N)nc3cc(C(=O)O)ccc3c2n1Cc1ccc(C[N+](C)(CC)CC)cc1. The van der Waals surface area contributed by atoms with E-state index in [1.165, 1.54) is 11.1 Å². The van der Waals surface area contributed by atoms with Gasteiger partial charge in [-0.1, -0.05) is 37.6 Å². The van der Waals surface area contributed by atoms with Gasteiger partial charge in [0.2, 0.25) is 0 Å². The number of imidazole rings is 1. The number of aryl methyl sites for hydroxylation is 1. The lowest BCUT2D eigenvalue weighted by Crippen LogP contribution is -2.42. The van der Waals surface area contributed by atoms with Crippen molar-refractivity contribution in [3.63, 3.8) is 0 Å². The van der Waals surface area contributed by atoms with Crippen molar-refractivity contribution in [2.24, 2.45) is 0 Å². The van der Waals surface area contributed by atoms with Crippen LogP contribution in [0, 0.1) is 0 Å². The lowest BCUT2D eigenvalue weighted by Gasteiger charge is -2.32. The summed E-state index contributed by atoms with van der Waals surface area (Å²) in [5, 5.41) is 10.3. The number of hydrogen-bond donors (Lipinski definition) is 2. The van der Waals surface area contributed by atoms with E-state index in [1.807, 2.05) is 6.07 Å². The number of anilines is 1. The van der Waals surface area contributed by atoms with Gasteiger partial charge in [0.1, 0.15) is 17.9 Å². The van der Waals surface area contributed by atoms with Crippen LogP contribution in [-0.4, -0.2) is 50.2 Å². The van der Waals surface area contributed by atoms with Gasteiger partial charge in [-0.3, -0.25) is 0 Å². The molecule has 184 valence electrons. The Morgan fingerprint density at radius 2 is 1.71 bits per heavy atom. The Labute approximate surface area is 206 Å². The number of nitrogens with zero attached hydrogens (tertiary/aromatic N) is 4. The summed E-state index contributed by atoms with van der Waals surface area (Å²) in [6.07, 6.45) is 2.95. The highest BCUT2D eigenvalue weighted by Gasteiger charge is 2.20. The molecule has 0 radical (unpaired) electrons. The number of nitrogens with two attached hydrogens (primary N) is 1. The molecule has 0 aliphatic carbocycles. The van der Waals surface area contributed by atoms with E-state index >= 15 is 0 Å². The number of carboxylic acids is 1. The van der Waals surface area contributed by atoms with E-state index in [0.717, 1.165) is 60.1 Å². The average Bonchev–Trinajstić information content (AvgIpc) is 3.22. The minimum absolute atomic E-state index is 0.196. The van der Waals surface area contributed by atoms with E-state index in [9.17, 15) is 9.90 Å². The molecule has 0 aliphatic heterocycles. The van der Waals surface area contributed by atoms with Crippen LogP contribution in [-0.2, 0) is 19.5 Å². The molecule has 7 heteroatoms. The molecule has 2 aromatic carbocycles. The first kappa shape index (κ1) is 24.7. The van der Waals surface area contributed by atoms with Crippen molar-refractivity contribution in [2.45, 2.75) is 53.1 Å². The normalized spacial score (nSPS) is 12.0. The van der Waals surface area contributed by atoms with Crippen LogP contribution in [0.4, 0.5) is 5.82 Å². The summed E-state index contributed by atoms with van der Waals surface area (Å²) in [7, 11) is 2.30. The van der Waals surface area contributed by atoms with Gasteiger partial charge in [0.15, 0.2) is 5.82 Å². The second-order valence-corrected chi connectivity index (χ2v) is 9.68. The fraction of sp³-hybridized carbons (Fsp3) is 0.393. The molecule has 0 bridgehead atoms. The molecule has 7 nitrogen and oxygen atoms in total. The molecule has 2 aromatic heterocycles. The first-order chi connectivity index (χ1) is 16.8. The fourth-order valence-electron chi connectivity index (χ4n) is 4.61. The van der Waals surface area contributed by atoms with Gasteiger partial charge in [0, 0.05) is 23.9 Å². The summed E-state index contributed by atoms with van der Waals surface area (Å²) in [5.41, 5.74) is 11.2.